The summed E-state index contributed by atoms with van der Waals surface area (Å²) in [5.74, 6) is -0.422. The maximum atomic E-state index is 11.5. The van der Waals surface area contributed by atoms with Gasteiger partial charge in [0.15, 0.2) is 0 Å². The van der Waals surface area contributed by atoms with Crippen LogP contribution < -0.4 is 5.32 Å². The van der Waals surface area contributed by atoms with Gasteiger partial charge < -0.3 is 14.8 Å². The molecule has 1 saturated carbocycles. The van der Waals surface area contributed by atoms with Crippen molar-refractivity contribution in [3.8, 4) is 0 Å². The molecule has 0 amide bonds. The van der Waals surface area contributed by atoms with Gasteiger partial charge in [-0.25, -0.2) is 9.78 Å². The van der Waals surface area contributed by atoms with Crippen LogP contribution in [-0.4, -0.2) is 36.8 Å². The van der Waals surface area contributed by atoms with E-state index in [1.165, 1.54) is 7.11 Å². The largest absolute Gasteiger partial charge is 0.464 e. The van der Waals surface area contributed by atoms with Crippen LogP contribution >= 0.6 is 0 Å². The average Bonchev–Trinajstić information content (AvgIpc) is 2.45. The minimum atomic E-state index is -0.422. The van der Waals surface area contributed by atoms with Gasteiger partial charge >= 0.3 is 5.97 Å². The number of nitrogens with zero attached hydrogens (tertiary/aromatic N) is 1. The lowest BCUT2D eigenvalue weighted by atomic mass is 9.64. The first kappa shape index (κ1) is 14.8. The lowest BCUT2D eigenvalue weighted by Gasteiger charge is -2.52. The second kappa shape index (κ2) is 5.79. The van der Waals surface area contributed by atoms with Gasteiger partial charge in [-0.15, -0.1) is 0 Å². The minimum Gasteiger partial charge on any atom is -0.464 e. The summed E-state index contributed by atoms with van der Waals surface area (Å²) in [4.78, 5) is 15.5. The molecule has 1 aliphatic rings. The number of hydrogen-bond acceptors (Lipinski definition) is 5. The standard InChI is InChI=1S/C15H22N2O3/c1-5-20-13-9-12(15(13,2)3)17-10-6-7-16-11(8-10)14(18)19-4/h6-8,12-13H,5,9H2,1-4H3,(H,16,17). The molecule has 1 N–H and O–H groups in total. The topological polar surface area (TPSA) is 60.5 Å². The molecule has 1 fully saturated rings. The Labute approximate surface area is 119 Å². The smallest absolute Gasteiger partial charge is 0.356 e. The molecule has 1 heterocycles. The molecule has 5 heteroatoms. The van der Waals surface area contributed by atoms with Gasteiger partial charge in [0.2, 0.25) is 0 Å². The fourth-order valence-electron chi connectivity index (χ4n) is 2.55. The van der Waals surface area contributed by atoms with E-state index in [9.17, 15) is 4.79 Å². The van der Waals surface area contributed by atoms with Crippen molar-refractivity contribution in [3.05, 3.63) is 24.0 Å². The van der Waals surface area contributed by atoms with Gasteiger partial charge in [-0.05, 0) is 25.5 Å². The average molecular weight is 278 g/mol. The zero-order valence-electron chi connectivity index (χ0n) is 12.5. The first-order valence-electron chi connectivity index (χ1n) is 6.91. The van der Waals surface area contributed by atoms with Crippen LogP contribution in [0.25, 0.3) is 0 Å². The Morgan fingerprint density at radius 3 is 2.90 bits per heavy atom. The molecule has 0 aliphatic heterocycles. The summed E-state index contributed by atoms with van der Waals surface area (Å²) in [6.07, 6.45) is 2.86. The summed E-state index contributed by atoms with van der Waals surface area (Å²) in [5, 5.41) is 3.45. The Hall–Kier alpha value is -1.62. The van der Waals surface area contributed by atoms with Crippen molar-refractivity contribution in [3.63, 3.8) is 0 Å². The fraction of sp³-hybridized carbons (Fsp3) is 0.600. The van der Waals surface area contributed by atoms with E-state index in [2.05, 4.69) is 28.9 Å². The van der Waals surface area contributed by atoms with Gasteiger partial charge in [0.05, 0.1) is 13.2 Å². The van der Waals surface area contributed by atoms with Gasteiger partial charge in [0.1, 0.15) is 5.69 Å². The van der Waals surface area contributed by atoms with E-state index in [1.54, 1.807) is 12.3 Å². The highest BCUT2D eigenvalue weighted by Crippen LogP contribution is 2.44. The second-order valence-electron chi connectivity index (χ2n) is 5.62. The van der Waals surface area contributed by atoms with Gasteiger partial charge in [-0.1, -0.05) is 13.8 Å². The summed E-state index contributed by atoms with van der Waals surface area (Å²) in [6, 6.07) is 3.90. The number of hydrogen-bond donors (Lipinski definition) is 1. The van der Waals surface area contributed by atoms with E-state index in [0.29, 0.717) is 11.7 Å². The molecule has 2 unspecified atom stereocenters. The lowest BCUT2D eigenvalue weighted by molar-refractivity contribution is -0.0975. The quantitative estimate of drug-likeness (QED) is 0.838. The highest BCUT2D eigenvalue weighted by molar-refractivity contribution is 5.88. The van der Waals surface area contributed by atoms with Crippen molar-refractivity contribution in [2.75, 3.05) is 19.0 Å². The van der Waals surface area contributed by atoms with Crippen molar-refractivity contribution in [2.45, 2.75) is 39.3 Å². The third-order valence-corrected chi connectivity index (χ3v) is 4.04. The van der Waals surface area contributed by atoms with Crippen molar-refractivity contribution in [1.82, 2.24) is 4.98 Å². The number of methoxy groups -OCH3 is 1. The van der Waals surface area contributed by atoms with Gasteiger partial charge in [-0.2, -0.15) is 0 Å². The molecule has 1 aromatic rings. The molecule has 0 aromatic carbocycles. The van der Waals surface area contributed by atoms with Crippen LogP contribution in [0.5, 0.6) is 0 Å². The zero-order chi connectivity index (χ0) is 14.8. The van der Waals surface area contributed by atoms with E-state index < -0.39 is 5.97 Å². The maximum Gasteiger partial charge on any atom is 0.356 e. The first-order chi connectivity index (χ1) is 9.48. The van der Waals surface area contributed by atoms with Crippen LogP contribution in [0.4, 0.5) is 5.69 Å². The van der Waals surface area contributed by atoms with E-state index in [-0.39, 0.29) is 11.5 Å². The summed E-state index contributed by atoms with van der Waals surface area (Å²) in [7, 11) is 1.35. The van der Waals surface area contributed by atoms with Crippen LogP contribution in [0.15, 0.2) is 18.3 Å². The Bertz CT molecular complexity index is 488. The molecular formula is C15H22N2O3. The van der Waals surface area contributed by atoms with E-state index >= 15 is 0 Å². The van der Waals surface area contributed by atoms with Crippen molar-refractivity contribution in [2.24, 2.45) is 5.41 Å². The SMILES string of the molecule is CCOC1CC(Nc2ccnc(C(=O)OC)c2)C1(C)C. The number of carbonyl (C=O) groups is 1. The number of rotatable bonds is 5. The van der Waals surface area contributed by atoms with Crippen LogP contribution in [0.2, 0.25) is 0 Å². The molecule has 1 aliphatic carbocycles. The molecule has 0 saturated heterocycles. The van der Waals surface area contributed by atoms with Gasteiger partial charge in [0, 0.05) is 29.9 Å². The minimum absolute atomic E-state index is 0.0741. The zero-order valence-corrected chi connectivity index (χ0v) is 12.5. The first-order valence-corrected chi connectivity index (χ1v) is 6.91. The van der Waals surface area contributed by atoms with Crippen molar-refractivity contribution >= 4 is 11.7 Å². The third kappa shape index (κ3) is 2.77. The molecular weight excluding hydrogens is 256 g/mol. The molecule has 110 valence electrons. The highest BCUT2D eigenvalue weighted by atomic mass is 16.5. The maximum absolute atomic E-state index is 11.5. The number of ether oxygens (including phenoxy) is 2. The Morgan fingerprint density at radius 2 is 2.30 bits per heavy atom. The number of pyridine rings is 1. The molecule has 0 spiro atoms. The van der Waals surface area contributed by atoms with Crippen molar-refractivity contribution in [1.29, 1.82) is 0 Å². The second-order valence-corrected chi connectivity index (χ2v) is 5.62. The van der Waals surface area contributed by atoms with E-state index in [4.69, 9.17) is 4.74 Å². The van der Waals surface area contributed by atoms with Gasteiger partial charge in [-0.3, -0.25) is 0 Å². The van der Waals surface area contributed by atoms with E-state index in [1.807, 2.05) is 13.0 Å². The van der Waals surface area contributed by atoms with Gasteiger partial charge in [0.25, 0.3) is 0 Å². The van der Waals surface area contributed by atoms with Crippen LogP contribution in [0, 0.1) is 5.41 Å². The predicted octanol–water partition coefficient (Wildman–Crippen LogP) is 2.48. The predicted molar refractivity (Wildman–Crippen MR) is 76.8 cm³/mol. The molecule has 1 aromatic heterocycles. The highest BCUT2D eigenvalue weighted by Gasteiger charge is 2.48. The molecule has 0 bridgehead atoms. The summed E-state index contributed by atoms with van der Waals surface area (Å²) >= 11 is 0. The molecule has 0 radical (unpaired) electrons. The third-order valence-electron chi connectivity index (χ3n) is 4.04. The molecule has 2 atom stereocenters. The normalized spacial score (nSPS) is 23.8. The van der Waals surface area contributed by atoms with Crippen LogP contribution in [0.3, 0.4) is 0 Å². The number of anilines is 1. The Balaban J connectivity index is 2.03. The number of esters is 1. The molecule has 20 heavy (non-hydrogen) atoms. The van der Waals surface area contributed by atoms with Crippen LogP contribution in [0.1, 0.15) is 37.7 Å². The van der Waals surface area contributed by atoms with Crippen LogP contribution in [-0.2, 0) is 9.47 Å². The summed E-state index contributed by atoms with van der Waals surface area (Å²) in [6.45, 7) is 7.14. The monoisotopic (exact) mass is 278 g/mol. The van der Waals surface area contributed by atoms with Crippen molar-refractivity contribution < 1.29 is 14.3 Å². The fourth-order valence-corrected chi connectivity index (χ4v) is 2.55. The molecule has 2 rings (SSSR count). The van der Waals surface area contributed by atoms with E-state index in [0.717, 1.165) is 18.7 Å². The Morgan fingerprint density at radius 1 is 1.55 bits per heavy atom. The lowest BCUT2D eigenvalue weighted by Crippen LogP contribution is -2.58. The number of aromatic nitrogens is 1. The summed E-state index contributed by atoms with van der Waals surface area (Å²) in [5.41, 5.74) is 1.27. The summed E-state index contributed by atoms with van der Waals surface area (Å²) < 4.78 is 10.4. The molecule has 5 nitrogen and oxygen atoms in total. The number of carbonyl (C=O) groups excluding carboxylic acids is 1. The Kier molecular flexibility index (Phi) is 4.28. The number of nitrogens with one attached hydrogen (secondary N) is 1.